The van der Waals surface area contributed by atoms with Gasteiger partial charge in [-0.1, -0.05) is 19.9 Å². The first-order valence-corrected chi connectivity index (χ1v) is 12.7. The van der Waals surface area contributed by atoms with Gasteiger partial charge in [0.05, 0.1) is 24.0 Å². The second-order valence-corrected chi connectivity index (χ2v) is 10.0. The highest BCUT2D eigenvalue weighted by Crippen LogP contribution is 2.30. The number of hydrogen-bond donors (Lipinski definition) is 1. The first kappa shape index (κ1) is 27.8. The number of aromatic nitrogens is 1. The van der Waals surface area contributed by atoms with Gasteiger partial charge in [-0.15, -0.1) is 0 Å². The lowest BCUT2D eigenvalue weighted by molar-refractivity contribution is -0.153. The van der Waals surface area contributed by atoms with Gasteiger partial charge in [-0.05, 0) is 64.0 Å². The number of fused-ring (bicyclic) bond motifs is 1. The maximum absolute atomic E-state index is 13.5. The topological polar surface area (TPSA) is 101 Å². The maximum Gasteiger partial charge on any atom is 0.312 e. The number of hydrogen-bond acceptors (Lipinski definition) is 6. The molecule has 0 spiro atoms. The smallest absolute Gasteiger partial charge is 0.312 e. The van der Waals surface area contributed by atoms with Crippen molar-refractivity contribution in [2.45, 2.75) is 65.9 Å². The number of esters is 1. The number of anilines is 1. The summed E-state index contributed by atoms with van der Waals surface area (Å²) in [6, 6.07) is 8.65. The van der Waals surface area contributed by atoms with Gasteiger partial charge in [0.1, 0.15) is 5.60 Å². The molecule has 1 aliphatic rings. The van der Waals surface area contributed by atoms with Crippen molar-refractivity contribution < 1.29 is 19.1 Å². The highest BCUT2D eigenvalue weighted by atomic mass is 16.6. The average molecular weight is 505 g/mol. The van der Waals surface area contributed by atoms with Crippen LogP contribution in [0.25, 0.3) is 6.08 Å². The van der Waals surface area contributed by atoms with Crippen molar-refractivity contribution in [2.75, 3.05) is 18.4 Å². The molecule has 0 radical (unpaired) electrons. The van der Waals surface area contributed by atoms with Gasteiger partial charge < -0.3 is 15.0 Å². The van der Waals surface area contributed by atoms with Gasteiger partial charge in [0.15, 0.2) is 0 Å². The van der Waals surface area contributed by atoms with E-state index in [0.717, 1.165) is 12.8 Å². The molecule has 0 fully saturated rings. The SMILES string of the molecule is CCCN(CCC)C(=O)C1=Cc2ccc(C(=O)Nc3cccnc3)cc2N=C(CC(=O)OC(C)(C)C)C1. The lowest BCUT2D eigenvalue weighted by Crippen LogP contribution is -2.34. The van der Waals surface area contributed by atoms with Gasteiger partial charge in [0.2, 0.25) is 5.91 Å². The number of ether oxygens (including phenoxy) is 1. The molecule has 0 aliphatic carbocycles. The van der Waals surface area contributed by atoms with E-state index < -0.39 is 11.6 Å². The van der Waals surface area contributed by atoms with Crippen molar-refractivity contribution in [3.8, 4) is 0 Å². The number of pyridine rings is 1. The molecule has 8 heteroatoms. The molecular weight excluding hydrogens is 468 g/mol. The molecule has 0 bridgehead atoms. The molecule has 2 aromatic rings. The van der Waals surface area contributed by atoms with Gasteiger partial charge in [-0.25, -0.2) is 0 Å². The number of rotatable bonds is 9. The molecule has 1 aromatic carbocycles. The predicted octanol–water partition coefficient (Wildman–Crippen LogP) is 5.57. The molecule has 1 N–H and O–H groups in total. The molecule has 0 saturated heterocycles. The molecule has 8 nitrogen and oxygen atoms in total. The minimum atomic E-state index is -0.634. The Kier molecular flexibility index (Phi) is 9.33. The number of carbonyl (C=O) groups is 3. The monoisotopic (exact) mass is 504 g/mol. The Morgan fingerprint density at radius 3 is 2.43 bits per heavy atom. The third-order valence-electron chi connectivity index (χ3n) is 5.53. The van der Waals surface area contributed by atoms with E-state index in [0.29, 0.717) is 46.9 Å². The Morgan fingerprint density at radius 1 is 1.08 bits per heavy atom. The maximum atomic E-state index is 13.5. The van der Waals surface area contributed by atoms with Crippen LogP contribution in [0.1, 0.15) is 76.2 Å². The van der Waals surface area contributed by atoms with Gasteiger partial charge in [-0.3, -0.25) is 24.4 Å². The molecule has 0 saturated carbocycles. The van der Waals surface area contributed by atoms with E-state index in [-0.39, 0.29) is 24.7 Å². The Bertz CT molecular complexity index is 1190. The van der Waals surface area contributed by atoms with Crippen LogP contribution in [0.2, 0.25) is 0 Å². The van der Waals surface area contributed by atoms with Gasteiger partial charge in [0.25, 0.3) is 5.91 Å². The van der Waals surface area contributed by atoms with Crippen LogP contribution in [0.5, 0.6) is 0 Å². The summed E-state index contributed by atoms with van der Waals surface area (Å²) in [4.78, 5) is 49.6. The number of benzene rings is 1. The third-order valence-corrected chi connectivity index (χ3v) is 5.53. The fraction of sp³-hybridized carbons (Fsp3) is 0.414. The third kappa shape index (κ3) is 8.10. The minimum Gasteiger partial charge on any atom is -0.460 e. The molecule has 2 amide bonds. The molecule has 2 heterocycles. The zero-order valence-corrected chi connectivity index (χ0v) is 22.3. The zero-order chi connectivity index (χ0) is 27.0. The summed E-state index contributed by atoms with van der Waals surface area (Å²) in [6.45, 7) is 10.8. The summed E-state index contributed by atoms with van der Waals surface area (Å²) in [5.41, 5.74) is 2.68. The van der Waals surface area contributed by atoms with Crippen LogP contribution in [-0.4, -0.2) is 52.1 Å². The van der Waals surface area contributed by atoms with E-state index in [1.165, 1.54) is 0 Å². The molecule has 0 atom stereocenters. The highest BCUT2D eigenvalue weighted by molar-refractivity contribution is 6.11. The van der Waals surface area contributed by atoms with Crippen molar-refractivity contribution in [2.24, 2.45) is 4.99 Å². The molecular formula is C29H36N4O4. The molecule has 196 valence electrons. The Hall–Kier alpha value is -3.81. The van der Waals surface area contributed by atoms with E-state index in [1.54, 1.807) is 42.7 Å². The van der Waals surface area contributed by atoms with E-state index >= 15 is 0 Å². The zero-order valence-electron chi connectivity index (χ0n) is 22.3. The lowest BCUT2D eigenvalue weighted by atomic mass is 10.0. The Morgan fingerprint density at radius 2 is 1.81 bits per heavy atom. The van der Waals surface area contributed by atoms with Crippen LogP contribution in [-0.2, 0) is 14.3 Å². The largest absolute Gasteiger partial charge is 0.460 e. The van der Waals surface area contributed by atoms with E-state index in [2.05, 4.69) is 10.3 Å². The van der Waals surface area contributed by atoms with Crippen LogP contribution in [0.4, 0.5) is 11.4 Å². The summed E-state index contributed by atoms with van der Waals surface area (Å²) in [7, 11) is 0. The summed E-state index contributed by atoms with van der Waals surface area (Å²) in [5.74, 6) is -0.779. The quantitative estimate of drug-likeness (QED) is 0.450. The number of carbonyl (C=O) groups excluding carboxylic acids is 3. The molecule has 1 aliphatic heterocycles. The van der Waals surface area contributed by atoms with Crippen LogP contribution in [0.15, 0.2) is 53.3 Å². The summed E-state index contributed by atoms with van der Waals surface area (Å²) in [5, 5.41) is 2.82. The predicted molar refractivity (Wildman–Crippen MR) is 146 cm³/mol. The molecule has 37 heavy (non-hydrogen) atoms. The van der Waals surface area contributed by atoms with Crippen molar-refractivity contribution in [1.82, 2.24) is 9.88 Å². The van der Waals surface area contributed by atoms with Crippen LogP contribution >= 0.6 is 0 Å². The van der Waals surface area contributed by atoms with Crippen LogP contribution < -0.4 is 5.32 Å². The van der Waals surface area contributed by atoms with Crippen molar-refractivity contribution in [1.29, 1.82) is 0 Å². The summed E-state index contributed by atoms with van der Waals surface area (Å²) >= 11 is 0. The van der Waals surface area contributed by atoms with Crippen LogP contribution in [0, 0.1) is 0 Å². The minimum absolute atomic E-state index is 0.0466. The fourth-order valence-electron chi connectivity index (χ4n) is 4.05. The first-order valence-electron chi connectivity index (χ1n) is 12.7. The van der Waals surface area contributed by atoms with Gasteiger partial charge in [-0.2, -0.15) is 0 Å². The van der Waals surface area contributed by atoms with E-state index in [9.17, 15) is 14.4 Å². The van der Waals surface area contributed by atoms with Crippen molar-refractivity contribution >= 4 is 40.9 Å². The van der Waals surface area contributed by atoms with Crippen molar-refractivity contribution in [3.05, 3.63) is 59.4 Å². The molecule has 3 rings (SSSR count). The summed E-state index contributed by atoms with van der Waals surface area (Å²) in [6.07, 6.45) is 6.91. The van der Waals surface area contributed by atoms with Gasteiger partial charge in [0, 0.05) is 48.1 Å². The normalized spacial score (nSPS) is 13.0. The number of nitrogens with zero attached hydrogens (tertiary/aromatic N) is 3. The Balaban J connectivity index is 1.97. The van der Waals surface area contributed by atoms with E-state index in [1.807, 2.05) is 45.6 Å². The number of nitrogens with one attached hydrogen (secondary N) is 1. The van der Waals surface area contributed by atoms with Crippen molar-refractivity contribution in [3.63, 3.8) is 0 Å². The fourth-order valence-corrected chi connectivity index (χ4v) is 4.05. The second-order valence-electron chi connectivity index (χ2n) is 10.0. The standard InChI is InChI=1S/C29H36N4O4/c1-6-13-33(14-7-2)28(36)22-15-20-10-11-21(27(35)32-23-9-8-12-30-19-23)17-25(20)31-24(16-22)18-26(34)37-29(3,4)5/h8-12,15,17,19H,6-7,13-14,16,18H2,1-5H3,(H,32,35). The average Bonchev–Trinajstić information content (AvgIpc) is 3.01. The first-order chi connectivity index (χ1) is 17.6. The highest BCUT2D eigenvalue weighted by Gasteiger charge is 2.25. The lowest BCUT2D eigenvalue weighted by Gasteiger charge is -2.23. The van der Waals surface area contributed by atoms with Crippen LogP contribution in [0.3, 0.4) is 0 Å². The second kappa shape index (κ2) is 12.4. The molecule has 1 aromatic heterocycles. The summed E-state index contributed by atoms with van der Waals surface area (Å²) < 4.78 is 5.51. The van der Waals surface area contributed by atoms with Gasteiger partial charge >= 0.3 is 5.97 Å². The van der Waals surface area contributed by atoms with E-state index in [4.69, 9.17) is 9.73 Å². The Labute approximate surface area is 218 Å². The molecule has 0 unspecified atom stereocenters. The number of aliphatic imine (C=N–C) groups is 1. The number of amides is 2.